The Labute approximate surface area is 110 Å². The molecule has 3 nitrogen and oxygen atoms in total. The molecule has 3 N–H and O–H groups in total. The molecule has 100 valence electrons. The van der Waals surface area contributed by atoms with E-state index >= 15 is 0 Å². The topological polar surface area (TPSA) is 55.1 Å². The van der Waals surface area contributed by atoms with E-state index in [9.17, 15) is 4.79 Å². The molecule has 0 saturated carbocycles. The van der Waals surface area contributed by atoms with Gasteiger partial charge >= 0.3 is 0 Å². The number of carbonyl (C=O) groups is 1. The minimum atomic E-state index is -0.798. The highest BCUT2D eigenvalue weighted by Crippen LogP contribution is 2.19. The molecule has 0 spiro atoms. The number of nitrogens with one attached hydrogen (secondary N) is 1. The number of rotatable bonds is 6. The Morgan fingerprint density at radius 3 is 2.56 bits per heavy atom. The minimum absolute atomic E-state index is 0.104. The lowest BCUT2D eigenvalue weighted by Gasteiger charge is -2.23. The van der Waals surface area contributed by atoms with E-state index in [2.05, 4.69) is 12.2 Å². The first-order valence-electron chi connectivity index (χ1n) is 6.69. The van der Waals surface area contributed by atoms with Crippen LogP contribution in [0.3, 0.4) is 0 Å². The monoisotopic (exact) mass is 248 g/mol. The van der Waals surface area contributed by atoms with E-state index in [-0.39, 0.29) is 5.91 Å². The lowest BCUT2D eigenvalue weighted by atomic mass is 9.96. The first-order valence-corrected chi connectivity index (χ1v) is 6.69. The number of carbonyl (C=O) groups excluding carboxylic acids is 1. The number of benzene rings is 1. The molecule has 0 bridgehead atoms. The van der Waals surface area contributed by atoms with E-state index in [1.807, 2.05) is 31.2 Å². The van der Waals surface area contributed by atoms with Crippen LogP contribution < -0.4 is 11.1 Å². The molecule has 0 fully saturated rings. The van der Waals surface area contributed by atoms with Crippen molar-refractivity contribution in [1.29, 1.82) is 0 Å². The van der Waals surface area contributed by atoms with Gasteiger partial charge in [-0.15, -0.1) is 0 Å². The lowest BCUT2D eigenvalue weighted by Crippen LogP contribution is -2.48. The molecule has 1 rings (SSSR count). The summed E-state index contributed by atoms with van der Waals surface area (Å²) in [6.07, 6.45) is 3.61. The summed E-state index contributed by atoms with van der Waals surface area (Å²) in [7, 11) is 0. The van der Waals surface area contributed by atoms with E-state index in [1.54, 1.807) is 6.92 Å². The van der Waals surface area contributed by atoms with Crippen molar-refractivity contribution in [2.75, 3.05) is 5.32 Å². The van der Waals surface area contributed by atoms with Crippen LogP contribution in [0.4, 0.5) is 5.69 Å². The van der Waals surface area contributed by atoms with Gasteiger partial charge < -0.3 is 11.1 Å². The van der Waals surface area contributed by atoms with Crippen molar-refractivity contribution in [1.82, 2.24) is 0 Å². The number of hydrogen-bond acceptors (Lipinski definition) is 2. The summed E-state index contributed by atoms with van der Waals surface area (Å²) in [5, 5.41) is 2.96. The summed E-state index contributed by atoms with van der Waals surface area (Å²) >= 11 is 0. The van der Waals surface area contributed by atoms with Crippen LogP contribution in [0.15, 0.2) is 24.3 Å². The van der Waals surface area contributed by atoms with Crippen molar-refractivity contribution in [3.05, 3.63) is 29.8 Å². The average molecular weight is 248 g/mol. The lowest BCUT2D eigenvalue weighted by molar-refractivity contribution is -0.120. The summed E-state index contributed by atoms with van der Waals surface area (Å²) < 4.78 is 0. The van der Waals surface area contributed by atoms with Crippen LogP contribution in [0, 0.1) is 0 Å². The predicted molar refractivity (Wildman–Crippen MR) is 76.6 cm³/mol. The third kappa shape index (κ3) is 3.84. The SMILES string of the molecule is CCCc1ccccc1NC(=O)C(C)(N)CCC. The Kier molecular flexibility index (Phi) is 5.35. The second kappa shape index (κ2) is 6.55. The van der Waals surface area contributed by atoms with Crippen LogP contribution in [0.2, 0.25) is 0 Å². The van der Waals surface area contributed by atoms with E-state index in [4.69, 9.17) is 5.73 Å². The van der Waals surface area contributed by atoms with Gasteiger partial charge in [0.25, 0.3) is 0 Å². The summed E-state index contributed by atoms with van der Waals surface area (Å²) in [6.45, 7) is 5.94. The molecule has 18 heavy (non-hydrogen) atoms. The highest BCUT2D eigenvalue weighted by molar-refractivity contribution is 5.98. The van der Waals surface area contributed by atoms with Gasteiger partial charge in [0, 0.05) is 5.69 Å². The fourth-order valence-electron chi connectivity index (χ4n) is 2.03. The number of anilines is 1. The molecular formula is C15H24N2O. The molecule has 0 aliphatic carbocycles. The van der Waals surface area contributed by atoms with Crippen LogP contribution in [0.1, 0.15) is 45.6 Å². The van der Waals surface area contributed by atoms with Crippen molar-refractivity contribution in [3.8, 4) is 0 Å². The van der Waals surface area contributed by atoms with Gasteiger partial charge in [0.15, 0.2) is 0 Å². The standard InChI is InChI=1S/C15H24N2O/c1-4-8-12-9-6-7-10-13(12)17-14(18)15(3,16)11-5-2/h6-7,9-10H,4-5,8,11,16H2,1-3H3,(H,17,18). The van der Waals surface area contributed by atoms with Crippen LogP contribution in [-0.2, 0) is 11.2 Å². The maximum Gasteiger partial charge on any atom is 0.244 e. The zero-order valence-corrected chi connectivity index (χ0v) is 11.6. The molecule has 0 aliphatic rings. The highest BCUT2D eigenvalue weighted by Gasteiger charge is 2.27. The second-order valence-corrected chi connectivity index (χ2v) is 5.03. The second-order valence-electron chi connectivity index (χ2n) is 5.03. The number of nitrogens with two attached hydrogens (primary N) is 1. The number of hydrogen-bond donors (Lipinski definition) is 2. The quantitative estimate of drug-likeness (QED) is 0.812. The van der Waals surface area contributed by atoms with Gasteiger partial charge in [-0.2, -0.15) is 0 Å². The highest BCUT2D eigenvalue weighted by atomic mass is 16.2. The Morgan fingerprint density at radius 1 is 1.28 bits per heavy atom. The van der Waals surface area contributed by atoms with Crippen molar-refractivity contribution in [3.63, 3.8) is 0 Å². The van der Waals surface area contributed by atoms with Gasteiger partial charge in [0.2, 0.25) is 5.91 Å². The van der Waals surface area contributed by atoms with Gasteiger partial charge in [-0.25, -0.2) is 0 Å². The molecule has 1 unspecified atom stereocenters. The van der Waals surface area contributed by atoms with E-state index in [0.29, 0.717) is 6.42 Å². The van der Waals surface area contributed by atoms with Gasteiger partial charge in [0.05, 0.1) is 5.54 Å². The third-order valence-corrected chi connectivity index (χ3v) is 3.07. The summed E-state index contributed by atoms with van der Waals surface area (Å²) in [5.41, 5.74) is 7.29. The fraction of sp³-hybridized carbons (Fsp3) is 0.533. The number of amides is 1. The van der Waals surface area contributed by atoms with Gasteiger partial charge in [-0.3, -0.25) is 4.79 Å². The molecule has 1 atom stereocenters. The summed E-state index contributed by atoms with van der Waals surface area (Å²) in [4.78, 5) is 12.1. The molecule has 1 aromatic rings. The smallest absolute Gasteiger partial charge is 0.244 e. The van der Waals surface area contributed by atoms with Crippen molar-refractivity contribution in [2.24, 2.45) is 5.73 Å². The molecule has 0 saturated heterocycles. The molecule has 0 heterocycles. The zero-order chi connectivity index (χ0) is 13.6. The predicted octanol–water partition coefficient (Wildman–Crippen LogP) is 3.10. The molecule has 0 radical (unpaired) electrons. The van der Waals surface area contributed by atoms with Crippen molar-refractivity contribution in [2.45, 2.75) is 52.0 Å². The van der Waals surface area contributed by atoms with Gasteiger partial charge in [-0.05, 0) is 31.4 Å². The van der Waals surface area contributed by atoms with Gasteiger partial charge in [-0.1, -0.05) is 44.9 Å². The van der Waals surface area contributed by atoms with Crippen molar-refractivity contribution >= 4 is 11.6 Å². The maximum absolute atomic E-state index is 12.1. The maximum atomic E-state index is 12.1. The number of para-hydroxylation sites is 1. The molecule has 0 aromatic heterocycles. The number of aryl methyl sites for hydroxylation is 1. The van der Waals surface area contributed by atoms with Gasteiger partial charge in [0.1, 0.15) is 0 Å². The van der Waals surface area contributed by atoms with E-state index in [1.165, 1.54) is 5.56 Å². The third-order valence-electron chi connectivity index (χ3n) is 3.07. The minimum Gasteiger partial charge on any atom is -0.324 e. The molecule has 0 aliphatic heterocycles. The average Bonchev–Trinajstić information content (AvgIpc) is 2.32. The molecule has 1 amide bonds. The first kappa shape index (κ1) is 14.7. The molecular weight excluding hydrogens is 224 g/mol. The molecule has 3 heteroatoms. The zero-order valence-electron chi connectivity index (χ0n) is 11.6. The Hall–Kier alpha value is -1.35. The first-order chi connectivity index (χ1) is 8.51. The van der Waals surface area contributed by atoms with Crippen molar-refractivity contribution < 1.29 is 4.79 Å². The Morgan fingerprint density at radius 2 is 1.94 bits per heavy atom. The van der Waals surface area contributed by atoms with E-state index < -0.39 is 5.54 Å². The van der Waals surface area contributed by atoms with Crippen LogP contribution in [-0.4, -0.2) is 11.4 Å². The Balaban J connectivity index is 2.81. The Bertz CT molecular complexity index is 399. The fourth-order valence-corrected chi connectivity index (χ4v) is 2.03. The molecule has 1 aromatic carbocycles. The van der Waals surface area contributed by atoms with Crippen LogP contribution >= 0.6 is 0 Å². The normalized spacial score (nSPS) is 14.0. The van der Waals surface area contributed by atoms with Crippen LogP contribution in [0.25, 0.3) is 0 Å². The largest absolute Gasteiger partial charge is 0.324 e. The van der Waals surface area contributed by atoms with Crippen LogP contribution in [0.5, 0.6) is 0 Å². The van der Waals surface area contributed by atoms with E-state index in [0.717, 1.165) is 24.9 Å². The summed E-state index contributed by atoms with van der Waals surface area (Å²) in [6, 6.07) is 7.91. The summed E-state index contributed by atoms with van der Waals surface area (Å²) in [5.74, 6) is -0.104.